The van der Waals surface area contributed by atoms with Gasteiger partial charge in [-0.05, 0) is 36.3 Å². The summed E-state index contributed by atoms with van der Waals surface area (Å²) < 4.78 is 0. The minimum atomic E-state index is 0.545. The van der Waals surface area contributed by atoms with Crippen molar-refractivity contribution in [1.29, 1.82) is 0 Å². The van der Waals surface area contributed by atoms with Crippen LogP contribution in [0.2, 0.25) is 0 Å². The van der Waals surface area contributed by atoms with E-state index in [1.807, 2.05) is 17.4 Å². The lowest BCUT2D eigenvalue weighted by Crippen LogP contribution is -2.30. The van der Waals surface area contributed by atoms with E-state index in [2.05, 4.69) is 21.3 Å². The van der Waals surface area contributed by atoms with Gasteiger partial charge in [-0.3, -0.25) is 0 Å². The van der Waals surface area contributed by atoms with Gasteiger partial charge in [-0.1, -0.05) is 0 Å². The highest BCUT2D eigenvalue weighted by Gasteiger charge is 2.28. The van der Waals surface area contributed by atoms with E-state index in [0.717, 1.165) is 31.2 Å². The number of nitrogen functional groups attached to an aromatic ring is 1. The molecule has 5 heteroatoms. The van der Waals surface area contributed by atoms with E-state index in [1.54, 1.807) is 0 Å². The predicted octanol–water partition coefficient (Wildman–Crippen LogP) is 2.56. The molecule has 1 fully saturated rings. The first-order valence-corrected chi connectivity index (χ1v) is 7.62. The van der Waals surface area contributed by atoms with E-state index in [0.29, 0.717) is 11.7 Å². The molecule has 4 rings (SSSR count). The molecule has 2 aliphatic rings. The van der Waals surface area contributed by atoms with Gasteiger partial charge in [0.15, 0.2) is 0 Å². The maximum atomic E-state index is 5.93. The highest BCUT2D eigenvalue weighted by molar-refractivity contribution is 7.10. The number of nitrogens with two attached hydrogens (primary N) is 1. The van der Waals surface area contributed by atoms with Crippen molar-refractivity contribution in [3.05, 3.63) is 33.8 Å². The number of hydrogen-bond donors (Lipinski definition) is 1. The maximum Gasteiger partial charge on any atom is 0.136 e. The lowest BCUT2D eigenvalue weighted by molar-refractivity contribution is 0.725. The van der Waals surface area contributed by atoms with Gasteiger partial charge in [0.05, 0.1) is 0 Å². The molecule has 1 aliphatic heterocycles. The summed E-state index contributed by atoms with van der Waals surface area (Å²) in [7, 11) is 0. The summed E-state index contributed by atoms with van der Waals surface area (Å²) in [5, 5.41) is 2.18. The molecule has 0 radical (unpaired) electrons. The number of hydrogen-bond acceptors (Lipinski definition) is 5. The zero-order chi connectivity index (χ0) is 12.8. The first-order valence-electron chi connectivity index (χ1n) is 6.74. The van der Waals surface area contributed by atoms with Crippen LogP contribution in [-0.4, -0.2) is 16.5 Å². The van der Waals surface area contributed by atoms with Crippen molar-refractivity contribution in [3.8, 4) is 0 Å². The van der Waals surface area contributed by atoms with Gasteiger partial charge >= 0.3 is 0 Å². The molecule has 1 aliphatic carbocycles. The van der Waals surface area contributed by atoms with Gasteiger partial charge in [0.25, 0.3) is 0 Å². The van der Waals surface area contributed by atoms with E-state index >= 15 is 0 Å². The number of nitrogens with zero attached hydrogens (tertiary/aromatic N) is 3. The first kappa shape index (κ1) is 11.2. The van der Waals surface area contributed by atoms with Gasteiger partial charge in [-0.2, -0.15) is 0 Å². The van der Waals surface area contributed by atoms with E-state index in [9.17, 15) is 0 Å². The zero-order valence-electron chi connectivity index (χ0n) is 10.7. The molecule has 0 bridgehead atoms. The molecule has 2 aromatic rings. The standard InChI is InChI=1S/C14H16N4S/c15-12-7-13(17-14(16-12)9-1-2-9)18-5-3-11-10(8-18)4-6-19-11/h4,6-7,9H,1-3,5,8H2,(H2,15,16,17). The van der Waals surface area contributed by atoms with Crippen LogP contribution in [0.25, 0.3) is 0 Å². The summed E-state index contributed by atoms with van der Waals surface area (Å²) in [6.07, 6.45) is 3.52. The van der Waals surface area contributed by atoms with Crippen molar-refractivity contribution in [2.75, 3.05) is 17.2 Å². The van der Waals surface area contributed by atoms with Crippen LogP contribution in [0.4, 0.5) is 11.6 Å². The van der Waals surface area contributed by atoms with E-state index < -0.39 is 0 Å². The van der Waals surface area contributed by atoms with Crippen molar-refractivity contribution in [1.82, 2.24) is 9.97 Å². The molecule has 2 aromatic heterocycles. The lowest BCUT2D eigenvalue weighted by Gasteiger charge is -2.28. The third-order valence-electron chi connectivity index (χ3n) is 3.82. The molecule has 19 heavy (non-hydrogen) atoms. The van der Waals surface area contributed by atoms with Crippen molar-refractivity contribution in [2.24, 2.45) is 0 Å². The predicted molar refractivity (Wildman–Crippen MR) is 77.5 cm³/mol. The Morgan fingerprint density at radius 3 is 3.05 bits per heavy atom. The normalized spacial score (nSPS) is 18.4. The Balaban J connectivity index is 1.66. The van der Waals surface area contributed by atoms with Crippen LogP contribution in [0.3, 0.4) is 0 Å². The Hall–Kier alpha value is -1.62. The molecular formula is C14H16N4S. The van der Waals surface area contributed by atoms with E-state index in [1.165, 1.54) is 23.3 Å². The molecule has 0 unspecified atom stereocenters. The van der Waals surface area contributed by atoms with Crippen LogP contribution in [-0.2, 0) is 13.0 Å². The molecule has 1 saturated carbocycles. The number of anilines is 2. The molecule has 0 atom stereocenters. The lowest BCUT2D eigenvalue weighted by atomic mass is 10.1. The molecule has 0 amide bonds. The number of rotatable bonds is 2. The summed E-state index contributed by atoms with van der Waals surface area (Å²) in [6, 6.07) is 4.13. The summed E-state index contributed by atoms with van der Waals surface area (Å²) in [4.78, 5) is 12.9. The van der Waals surface area contributed by atoms with Gasteiger partial charge < -0.3 is 10.6 Å². The number of fused-ring (bicyclic) bond motifs is 1. The fraction of sp³-hybridized carbons (Fsp3) is 0.429. The Kier molecular flexibility index (Phi) is 2.48. The highest BCUT2D eigenvalue weighted by Crippen LogP contribution is 2.39. The van der Waals surface area contributed by atoms with Gasteiger partial charge in [0.1, 0.15) is 17.5 Å². The largest absolute Gasteiger partial charge is 0.384 e. The quantitative estimate of drug-likeness (QED) is 0.913. The first-order chi connectivity index (χ1) is 9.29. The Labute approximate surface area is 116 Å². The van der Waals surface area contributed by atoms with Crippen LogP contribution in [0.15, 0.2) is 17.5 Å². The second-order valence-corrected chi connectivity index (χ2v) is 6.32. The van der Waals surface area contributed by atoms with Gasteiger partial charge in [0.2, 0.25) is 0 Å². The second kappa shape index (κ2) is 4.20. The van der Waals surface area contributed by atoms with Crippen LogP contribution in [0, 0.1) is 0 Å². The summed E-state index contributed by atoms with van der Waals surface area (Å²) >= 11 is 1.86. The Morgan fingerprint density at radius 2 is 2.21 bits per heavy atom. The van der Waals surface area contributed by atoms with Crippen LogP contribution >= 0.6 is 11.3 Å². The number of aromatic nitrogens is 2. The van der Waals surface area contributed by atoms with Gasteiger partial charge in [-0.25, -0.2) is 9.97 Å². The smallest absolute Gasteiger partial charge is 0.136 e. The molecular weight excluding hydrogens is 256 g/mol. The summed E-state index contributed by atoms with van der Waals surface area (Å²) in [6.45, 7) is 1.97. The molecule has 98 valence electrons. The Bertz CT molecular complexity index is 618. The van der Waals surface area contributed by atoms with Crippen molar-refractivity contribution in [2.45, 2.75) is 31.7 Å². The van der Waals surface area contributed by atoms with Crippen molar-refractivity contribution < 1.29 is 0 Å². The molecule has 2 N–H and O–H groups in total. The minimum absolute atomic E-state index is 0.545. The summed E-state index contributed by atoms with van der Waals surface area (Å²) in [5.74, 6) is 3.07. The SMILES string of the molecule is Nc1cc(N2CCc3sccc3C2)nc(C2CC2)n1. The van der Waals surface area contributed by atoms with E-state index in [4.69, 9.17) is 10.7 Å². The topological polar surface area (TPSA) is 55.0 Å². The monoisotopic (exact) mass is 272 g/mol. The van der Waals surface area contributed by atoms with Crippen molar-refractivity contribution in [3.63, 3.8) is 0 Å². The second-order valence-electron chi connectivity index (χ2n) is 5.32. The third-order valence-corrected chi connectivity index (χ3v) is 4.85. The fourth-order valence-corrected chi connectivity index (χ4v) is 3.49. The zero-order valence-corrected chi connectivity index (χ0v) is 11.5. The molecule has 0 spiro atoms. The van der Waals surface area contributed by atoms with Crippen molar-refractivity contribution >= 4 is 23.0 Å². The summed E-state index contributed by atoms with van der Waals surface area (Å²) in [5.41, 5.74) is 7.36. The Morgan fingerprint density at radius 1 is 1.32 bits per heavy atom. The maximum absolute atomic E-state index is 5.93. The van der Waals surface area contributed by atoms with Gasteiger partial charge in [-0.15, -0.1) is 11.3 Å². The van der Waals surface area contributed by atoms with Crippen LogP contribution in [0.5, 0.6) is 0 Å². The molecule has 3 heterocycles. The molecule has 4 nitrogen and oxygen atoms in total. The third kappa shape index (κ3) is 2.08. The molecule has 0 saturated heterocycles. The average molecular weight is 272 g/mol. The minimum Gasteiger partial charge on any atom is -0.384 e. The fourth-order valence-electron chi connectivity index (χ4n) is 2.60. The van der Waals surface area contributed by atoms with Crippen LogP contribution in [0.1, 0.15) is 35.0 Å². The molecule has 0 aromatic carbocycles. The van der Waals surface area contributed by atoms with Crippen LogP contribution < -0.4 is 10.6 Å². The highest BCUT2D eigenvalue weighted by atomic mass is 32.1. The van der Waals surface area contributed by atoms with Gasteiger partial charge in [0, 0.05) is 30.0 Å². The van der Waals surface area contributed by atoms with E-state index in [-0.39, 0.29) is 0 Å². The average Bonchev–Trinajstić information content (AvgIpc) is 3.16. The number of thiophene rings is 1.